The molecule has 0 aliphatic heterocycles. The molecule has 8 heteroatoms. The molecule has 1 rings (SSSR count). The predicted octanol–water partition coefficient (Wildman–Crippen LogP) is 2.28. The minimum atomic E-state index is -3.91. The largest absolute Gasteiger partial charge is 0.368 e. The summed E-state index contributed by atoms with van der Waals surface area (Å²) in [7, 11) is -3.91. The van der Waals surface area contributed by atoms with Crippen LogP contribution in [0.1, 0.15) is 20.3 Å². The van der Waals surface area contributed by atoms with E-state index in [0.717, 1.165) is 0 Å². The van der Waals surface area contributed by atoms with Crippen LogP contribution in [-0.4, -0.2) is 20.4 Å². The van der Waals surface area contributed by atoms with Crippen LogP contribution in [0.2, 0.25) is 5.02 Å². The summed E-state index contributed by atoms with van der Waals surface area (Å²) in [5.41, 5.74) is 5.25. The van der Waals surface area contributed by atoms with Gasteiger partial charge in [0.25, 0.3) is 0 Å². The van der Waals surface area contributed by atoms with E-state index in [1.165, 1.54) is 12.1 Å². The maximum atomic E-state index is 12.3. The topological polar surface area (TPSA) is 89.3 Å². The van der Waals surface area contributed by atoms with Crippen LogP contribution in [0.3, 0.4) is 0 Å². The number of benzene rings is 1. The molecule has 5 nitrogen and oxygen atoms in total. The minimum Gasteiger partial charge on any atom is -0.368 e. The maximum absolute atomic E-state index is 12.3. The van der Waals surface area contributed by atoms with Gasteiger partial charge in [-0.1, -0.05) is 47.8 Å². The van der Waals surface area contributed by atoms with Gasteiger partial charge < -0.3 is 5.73 Å². The monoisotopic (exact) mass is 382 g/mol. The van der Waals surface area contributed by atoms with E-state index in [2.05, 4.69) is 20.7 Å². The summed E-state index contributed by atoms with van der Waals surface area (Å²) in [4.78, 5) is 11.3. The first-order valence-electron chi connectivity index (χ1n) is 5.95. The molecule has 0 aliphatic rings. The average Bonchev–Trinajstić information content (AvgIpc) is 2.34. The first-order chi connectivity index (χ1) is 9.19. The van der Waals surface area contributed by atoms with Gasteiger partial charge in [0.1, 0.15) is 10.9 Å². The molecule has 20 heavy (non-hydrogen) atoms. The molecule has 0 aliphatic carbocycles. The van der Waals surface area contributed by atoms with E-state index in [0.29, 0.717) is 10.9 Å². The Morgan fingerprint density at radius 3 is 2.55 bits per heavy atom. The van der Waals surface area contributed by atoms with Crippen molar-refractivity contribution in [3.8, 4) is 0 Å². The van der Waals surface area contributed by atoms with Crippen LogP contribution >= 0.6 is 27.5 Å². The van der Waals surface area contributed by atoms with Gasteiger partial charge in [0.05, 0.1) is 5.02 Å². The Labute approximate surface area is 132 Å². The highest BCUT2D eigenvalue weighted by molar-refractivity contribution is 9.10. The molecule has 3 N–H and O–H groups in total. The summed E-state index contributed by atoms with van der Waals surface area (Å²) < 4.78 is 27.5. The third-order valence-electron chi connectivity index (χ3n) is 2.99. The second-order valence-electron chi connectivity index (χ2n) is 4.46. The molecule has 0 bridgehead atoms. The van der Waals surface area contributed by atoms with Crippen molar-refractivity contribution in [1.82, 2.24) is 4.72 Å². The number of carbonyl (C=O) groups excluding carboxylic acids is 1. The zero-order valence-electron chi connectivity index (χ0n) is 11.1. The molecule has 1 aromatic rings. The van der Waals surface area contributed by atoms with E-state index in [4.69, 9.17) is 17.3 Å². The molecule has 0 saturated carbocycles. The lowest BCUT2D eigenvalue weighted by atomic mass is 10.00. The molecule has 0 fully saturated rings. The number of sulfonamides is 1. The number of primary amides is 1. The molecule has 2 unspecified atom stereocenters. The lowest BCUT2D eigenvalue weighted by Crippen LogP contribution is -2.48. The number of hydrogen-bond donors (Lipinski definition) is 2. The quantitative estimate of drug-likeness (QED) is 0.789. The van der Waals surface area contributed by atoms with Crippen LogP contribution in [0.25, 0.3) is 0 Å². The van der Waals surface area contributed by atoms with Crippen molar-refractivity contribution in [3.05, 3.63) is 27.7 Å². The Bertz CT molecular complexity index is 607. The van der Waals surface area contributed by atoms with Crippen LogP contribution in [0.15, 0.2) is 27.6 Å². The molecule has 112 valence electrons. The van der Waals surface area contributed by atoms with Crippen molar-refractivity contribution in [2.45, 2.75) is 31.2 Å². The summed E-state index contributed by atoms with van der Waals surface area (Å²) >= 11 is 9.12. The van der Waals surface area contributed by atoms with Crippen molar-refractivity contribution in [3.63, 3.8) is 0 Å². The fourth-order valence-electron chi connectivity index (χ4n) is 1.61. The molecule has 0 heterocycles. The Balaban J connectivity index is 3.13. The molecule has 0 spiro atoms. The average molecular weight is 384 g/mol. The molecular formula is C12H16BrClN2O3S. The zero-order valence-corrected chi connectivity index (χ0v) is 14.2. The van der Waals surface area contributed by atoms with Gasteiger partial charge >= 0.3 is 0 Å². The second kappa shape index (κ2) is 6.89. The van der Waals surface area contributed by atoms with E-state index < -0.39 is 22.0 Å². The van der Waals surface area contributed by atoms with Crippen LogP contribution < -0.4 is 10.5 Å². The van der Waals surface area contributed by atoms with Gasteiger partial charge in [-0.3, -0.25) is 4.79 Å². The standard InChI is InChI=1S/C12H16BrClN2O3S/c1-3-7(2)11(12(15)17)16-20(18,19)10-5-4-8(13)6-9(10)14/h4-7,11,16H,3H2,1-2H3,(H2,15,17). The van der Waals surface area contributed by atoms with Gasteiger partial charge in [-0.25, -0.2) is 8.42 Å². The molecule has 0 saturated heterocycles. The number of hydrogen-bond acceptors (Lipinski definition) is 3. The van der Waals surface area contributed by atoms with Gasteiger partial charge in [-0.2, -0.15) is 4.72 Å². The minimum absolute atomic E-state index is 0.0687. The Morgan fingerprint density at radius 2 is 2.10 bits per heavy atom. The van der Waals surface area contributed by atoms with E-state index in [9.17, 15) is 13.2 Å². The van der Waals surface area contributed by atoms with Gasteiger partial charge in [0.2, 0.25) is 15.9 Å². The third kappa shape index (κ3) is 4.18. The molecule has 0 aromatic heterocycles. The van der Waals surface area contributed by atoms with Crippen LogP contribution in [0.4, 0.5) is 0 Å². The van der Waals surface area contributed by atoms with E-state index in [1.807, 2.05) is 6.92 Å². The molecule has 2 atom stereocenters. The summed E-state index contributed by atoms with van der Waals surface area (Å²) in [5.74, 6) is -0.923. The fourth-order valence-corrected chi connectivity index (χ4v) is 3.96. The second-order valence-corrected chi connectivity index (χ2v) is 7.47. The van der Waals surface area contributed by atoms with Crippen LogP contribution in [0, 0.1) is 5.92 Å². The summed E-state index contributed by atoms with van der Waals surface area (Å²) in [6.45, 7) is 3.60. The Kier molecular flexibility index (Phi) is 6.00. The SMILES string of the molecule is CCC(C)C(NS(=O)(=O)c1ccc(Br)cc1Cl)C(N)=O. The number of nitrogens with two attached hydrogens (primary N) is 1. The van der Waals surface area contributed by atoms with Gasteiger partial charge in [0, 0.05) is 4.47 Å². The normalized spacial score (nSPS) is 14.8. The zero-order chi connectivity index (χ0) is 15.5. The summed E-state index contributed by atoms with van der Waals surface area (Å²) in [5, 5.41) is 0.0687. The summed E-state index contributed by atoms with van der Waals surface area (Å²) in [6, 6.07) is 3.43. The maximum Gasteiger partial charge on any atom is 0.242 e. The highest BCUT2D eigenvalue weighted by Gasteiger charge is 2.29. The van der Waals surface area contributed by atoms with Crippen molar-refractivity contribution in [2.75, 3.05) is 0 Å². The molecule has 1 aromatic carbocycles. The van der Waals surface area contributed by atoms with Gasteiger partial charge in [0.15, 0.2) is 0 Å². The van der Waals surface area contributed by atoms with Gasteiger partial charge in [-0.05, 0) is 24.1 Å². The van der Waals surface area contributed by atoms with E-state index in [1.54, 1.807) is 13.0 Å². The van der Waals surface area contributed by atoms with E-state index in [-0.39, 0.29) is 15.8 Å². The molecular weight excluding hydrogens is 368 g/mol. The highest BCUT2D eigenvalue weighted by atomic mass is 79.9. The first kappa shape index (κ1) is 17.4. The first-order valence-corrected chi connectivity index (χ1v) is 8.61. The van der Waals surface area contributed by atoms with Crippen molar-refractivity contribution >= 4 is 43.5 Å². The predicted molar refractivity (Wildman–Crippen MR) is 81.9 cm³/mol. The smallest absolute Gasteiger partial charge is 0.242 e. The Hall–Kier alpha value is -0.630. The number of halogens is 2. The van der Waals surface area contributed by atoms with E-state index >= 15 is 0 Å². The van der Waals surface area contributed by atoms with Crippen LogP contribution in [0.5, 0.6) is 0 Å². The highest BCUT2D eigenvalue weighted by Crippen LogP contribution is 2.25. The number of rotatable bonds is 6. The van der Waals surface area contributed by atoms with Crippen LogP contribution in [-0.2, 0) is 14.8 Å². The third-order valence-corrected chi connectivity index (χ3v) is 5.40. The number of carbonyl (C=O) groups is 1. The fraction of sp³-hybridized carbons (Fsp3) is 0.417. The lowest BCUT2D eigenvalue weighted by molar-refractivity contribution is -0.120. The number of nitrogens with one attached hydrogen (secondary N) is 1. The molecule has 1 amide bonds. The van der Waals surface area contributed by atoms with Gasteiger partial charge in [-0.15, -0.1) is 0 Å². The number of amides is 1. The van der Waals surface area contributed by atoms with Crippen molar-refractivity contribution < 1.29 is 13.2 Å². The van der Waals surface area contributed by atoms with Crippen molar-refractivity contribution in [1.29, 1.82) is 0 Å². The van der Waals surface area contributed by atoms with Crippen molar-refractivity contribution in [2.24, 2.45) is 11.7 Å². The molecule has 0 radical (unpaired) electrons. The Morgan fingerprint density at radius 1 is 1.50 bits per heavy atom. The summed E-state index contributed by atoms with van der Waals surface area (Å²) in [6.07, 6.45) is 0.615. The lowest BCUT2D eigenvalue weighted by Gasteiger charge is -2.21.